The monoisotopic (exact) mass is 190 g/mol. The molecule has 0 nitrogen and oxygen atoms in total. The average molecular weight is 190 g/mol. The molecule has 0 radical (unpaired) electrons. The average Bonchev–Trinajstić information content (AvgIpc) is 2.20. The maximum absolute atomic E-state index is 3.00. The highest BCUT2D eigenvalue weighted by Gasteiger charge is 2.20. The normalized spacial score (nSPS) is 12.6. The molecule has 0 unspecified atom stereocenters. The first-order valence-electron chi connectivity index (χ1n) is 5.07. The zero-order valence-corrected chi connectivity index (χ0v) is 9.88. The summed E-state index contributed by atoms with van der Waals surface area (Å²) < 4.78 is 0. The quantitative estimate of drug-likeness (QED) is 0.566. The maximum Gasteiger partial charge on any atom is -0.0142 e. The second kappa shape index (κ2) is 5.64. The molecular formula is C14H22. The van der Waals surface area contributed by atoms with Crippen LogP contribution in [-0.4, -0.2) is 0 Å². The van der Waals surface area contributed by atoms with Crippen molar-refractivity contribution in [2.24, 2.45) is 5.41 Å². The lowest BCUT2D eigenvalue weighted by Gasteiger charge is -2.27. The first-order chi connectivity index (χ1) is 6.52. The third-order valence-corrected chi connectivity index (χ3v) is 2.60. The van der Waals surface area contributed by atoms with Crippen LogP contribution in [0.15, 0.2) is 43.5 Å². The van der Waals surface area contributed by atoms with Gasteiger partial charge in [0.25, 0.3) is 0 Å². The molecule has 0 aliphatic rings. The molecule has 0 heteroatoms. The molecule has 0 saturated carbocycles. The minimum atomic E-state index is 0.362. The predicted octanol–water partition coefficient (Wildman–Crippen LogP) is 4.64. The van der Waals surface area contributed by atoms with Crippen LogP contribution in [0.4, 0.5) is 0 Å². The summed E-state index contributed by atoms with van der Waals surface area (Å²) in [5.41, 5.74) is 1.80. The molecule has 0 saturated heterocycles. The molecular weight excluding hydrogens is 168 g/mol. The van der Waals surface area contributed by atoms with E-state index < -0.39 is 0 Å². The van der Waals surface area contributed by atoms with Crippen molar-refractivity contribution in [1.29, 1.82) is 0 Å². The van der Waals surface area contributed by atoms with Gasteiger partial charge in [-0.05, 0) is 16.9 Å². The molecule has 14 heavy (non-hydrogen) atoms. The van der Waals surface area contributed by atoms with E-state index in [9.17, 15) is 0 Å². The van der Waals surface area contributed by atoms with Crippen molar-refractivity contribution in [1.82, 2.24) is 0 Å². The number of benzene rings is 1. The number of hydrogen-bond donors (Lipinski definition) is 0. The van der Waals surface area contributed by atoms with Crippen LogP contribution >= 0.6 is 0 Å². The van der Waals surface area contributed by atoms with Gasteiger partial charge in [-0.25, -0.2) is 0 Å². The fourth-order valence-corrected chi connectivity index (χ4v) is 1.24. The van der Waals surface area contributed by atoms with Gasteiger partial charge in [-0.3, -0.25) is 0 Å². The van der Waals surface area contributed by atoms with E-state index in [4.69, 9.17) is 0 Å². The Balaban J connectivity index is 0.000000791. The lowest BCUT2D eigenvalue weighted by atomic mass is 9.78. The van der Waals surface area contributed by atoms with Gasteiger partial charge in [-0.15, -0.1) is 13.2 Å². The zero-order valence-electron chi connectivity index (χ0n) is 9.88. The highest BCUT2D eigenvalue weighted by molar-refractivity contribution is 5.20. The topological polar surface area (TPSA) is 0 Å². The molecule has 0 bridgehead atoms. The van der Waals surface area contributed by atoms with Gasteiger partial charge in [0, 0.05) is 0 Å². The van der Waals surface area contributed by atoms with Gasteiger partial charge in [-0.2, -0.15) is 0 Å². The van der Waals surface area contributed by atoms with Gasteiger partial charge in [0.1, 0.15) is 0 Å². The molecule has 78 valence electrons. The molecule has 1 rings (SSSR count). The van der Waals surface area contributed by atoms with E-state index in [2.05, 4.69) is 71.2 Å². The number of rotatable bonds is 1. The van der Waals surface area contributed by atoms with Crippen LogP contribution in [0.25, 0.3) is 0 Å². The molecule has 1 aromatic carbocycles. The summed E-state index contributed by atoms with van der Waals surface area (Å²) in [7, 11) is 0. The molecule has 0 amide bonds. The molecule has 0 aliphatic carbocycles. The first-order valence-corrected chi connectivity index (χ1v) is 5.07. The van der Waals surface area contributed by atoms with Crippen molar-refractivity contribution >= 4 is 0 Å². The van der Waals surface area contributed by atoms with Crippen LogP contribution in [0.3, 0.4) is 0 Å². The lowest BCUT2D eigenvalue weighted by molar-refractivity contribution is 0.339. The Bertz CT molecular complexity index is 240. The molecule has 0 fully saturated rings. The summed E-state index contributed by atoms with van der Waals surface area (Å²) in [5, 5.41) is 0. The van der Waals surface area contributed by atoms with Crippen molar-refractivity contribution in [3.8, 4) is 0 Å². The Morgan fingerprint density at radius 1 is 1.00 bits per heavy atom. The van der Waals surface area contributed by atoms with Crippen molar-refractivity contribution in [3.05, 3.63) is 49.1 Å². The van der Waals surface area contributed by atoms with Crippen LogP contribution in [-0.2, 0) is 0 Å². The molecule has 1 atom stereocenters. The zero-order chi connectivity index (χ0) is 11.2. The van der Waals surface area contributed by atoms with E-state index in [1.807, 2.05) is 0 Å². The Morgan fingerprint density at radius 3 is 1.79 bits per heavy atom. The highest BCUT2D eigenvalue weighted by Crippen LogP contribution is 2.33. The van der Waals surface area contributed by atoms with Crippen molar-refractivity contribution in [2.45, 2.75) is 33.6 Å². The van der Waals surface area contributed by atoms with Crippen molar-refractivity contribution < 1.29 is 0 Å². The second-order valence-electron chi connectivity index (χ2n) is 4.50. The van der Waals surface area contributed by atoms with E-state index in [1.165, 1.54) is 5.56 Å². The van der Waals surface area contributed by atoms with Gasteiger partial charge >= 0.3 is 0 Å². The predicted molar refractivity (Wildman–Crippen MR) is 65.6 cm³/mol. The van der Waals surface area contributed by atoms with Gasteiger partial charge < -0.3 is 0 Å². The van der Waals surface area contributed by atoms with Crippen molar-refractivity contribution in [3.63, 3.8) is 0 Å². The summed E-state index contributed by atoms with van der Waals surface area (Å²) in [6.45, 7) is 15.1. The smallest absolute Gasteiger partial charge is 0.0142 e. The molecule has 0 aromatic heterocycles. The van der Waals surface area contributed by atoms with Gasteiger partial charge in [0.15, 0.2) is 0 Å². The van der Waals surface area contributed by atoms with Crippen LogP contribution in [0.1, 0.15) is 39.2 Å². The van der Waals surface area contributed by atoms with E-state index in [-0.39, 0.29) is 0 Å². The molecule has 0 spiro atoms. The Labute approximate surface area is 88.7 Å². The van der Waals surface area contributed by atoms with E-state index in [0.29, 0.717) is 11.3 Å². The summed E-state index contributed by atoms with van der Waals surface area (Å²) in [4.78, 5) is 0. The van der Waals surface area contributed by atoms with E-state index >= 15 is 0 Å². The Kier molecular flexibility index (Phi) is 5.22. The van der Waals surface area contributed by atoms with E-state index in [0.717, 1.165) is 0 Å². The second-order valence-corrected chi connectivity index (χ2v) is 4.50. The molecule has 0 aliphatic heterocycles. The first kappa shape index (κ1) is 13.0. The van der Waals surface area contributed by atoms with Gasteiger partial charge in [0.05, 0.1) is 0 Å². The fourth-order valence-electron chi connectivity index (χ4n) is 1.24. The molecule has 1 aromatic rings. The number of hydrogen-bond acceptors (Lipinski definition) is 0. The summed E-state index contributed by atoms with van der Waals surface area (Å²) >= 11 is 0. The van der Waals surface area contributed by atoms with Gasteiger partial charge in [-0.1, -0.05) is 58.0 Å². The largest absolute Gasteiger partial charge is 0.106 e. The summed E-state index contributed by atoms with van der Waals surface area (Å²) in [6, 6.07) is 10.7. The van der Waals surface area contributed by atoms with Gasteiger partial charge in [0.2, 0.25) is 0 Å². The highest BCUT2D eigenvalue weighted by atomic mass is 14.3. The minimum Gasteiger partial charge on any atom is -0.106 e. The van der Waals surface area contributed by atoms with Crippen molar-refractivity contribution in [2.75, 3.05) is 0 Å². The lowest BCUT2D eigenvalue weighted by Crippen LogP contribution is -2.14. The van der Waals surface area contributed by atoms with Crippen LogP contribution in [0.5, 0.6) is 0 Å². The fraction of sp³-hybridized carbons (Fsp3) is 0.429. The summed E-state index contributed by atoms with van der Waals surface area (Å²) in [5.74, 6) is 0.624. The molecule has 0 heterocycles. The standard InChI is InChI=1S/C12H18.C2H4/c1-10(12(2,3)4)11-8-6-5-7-9-11;1-2/h5-10H,1-4H3;1-2H2/t10-;/m0./s1. The van der Waals surface area contributed by atoms with E-state index in [1.54, 1.807) is 0 Å². The SMILES string of the molecule is C=C.C[C@@H](c1ccccc1)C(C)(C)C. The minimum absolute atomic E-state index is 0.362. The third-order valence-electron chi connectivity index (χ3n) is 2.60. The summed E-state index contributed by atoms with van der Waals surface area (Å²) in [6.07, 6.45) is 0. The molecule has 0 N–H and O–H groups in total. The maximum atomic E-state index is 3.00. The van der Waals surface area contributed by atoms with Crippen LogP contribution in [0, 0.1) is 5.41 Å². The Morgan fingerprint density at radius 2 is 1.43 bits per heavy atom. The van der Waals surface area contributed by atoms with Crippen LogP contribution in [0.2, 0.25) is 0 Å². The Hall–Kier alpha value is -1.04. The third kappa shape index (κ3) is 3.78. The van der Waals surface area contributed by atoms with Crippen LogP contribution < -0.4 is 0 Å².